The summed E-state index contributed by atoms with van der Waals surface area (Å²) in [5.74, 6) is -1.48. The molecule has 0 bridgehead atoms. The van der Waals surface area contributed by atoms with Gasteiger partial charge in [-0.05, 0) is 90.9 Å². The van der Waals surface area contributed by atoms with E-state index in [0.29, 0.717) is 33.5 Å². The van der Waals surface area contributed by atoms with Crippen LogP contribution in [-0.2, 0) is 10.0 Å². The average molecular weight is 497 g/mol. The lowest BCUT2D eigenvalue weighted by molar-refractivity contribution is 0.0950. The van der Waals surface area contributed by atoms with Crippen molar-refractivity contribution in [3.63, 3.8) is 0 Å². The number of sulfonamides is 1. The van der Waals surface area contributed by atoms with Crippen molar-refractivity contribution in [2.24, 2.45) is 0 Å². The van der Waals surface area contributed by atoms with Crippen LogP contribution in [0.3, 0.4) is 0 Å². The topological polar surface area (TPSA) is 66.5 Å². The fourth-order valence-corrected chi connectivity index (χ4v) is 5.36. The zero-order valence-electron chi connectivity index (χ0n) is 19.7. The fraction of sp³-hybridized carbons (Fsp3) is 0.222. The summed E-state index contributed by atoms with van der Waals surface area (Å²) in [4.78, 5) is 12.4. The number of carbonyl (C=O) groups excluding carboxylic acids is 1. The third-order valence-electron chi connectivity index (χ3n) is 6.21. The molecule has 1 amide bonds. The lowest BCUT2D eigenvalue weighted by atomic mass is 9.95. The van der Waals surface area contributed by atoms with Crippen LogP contribution in [-0.4, -0.2) is 27.4 Å². The molecule has 0 aliphatic heterocycles. The Morgan fingerprint density at radius 1 is 1.09 bits per heavy atom. The molecule has 182 valence electrons. The van der Waals surface area contributed by atoms with Crippen LogP contribution in [0.4, 0.5) is 14.5 Å². The van der Waals surface area contributed by atoms with Gasteiger partial charge in [-0.1, -0.05) is 24.8 Å². The van der Waals surface area contributed by atoms with E-state index in [0.717, 1.165) is 23.2 Å². The number of halogens is 2. The number of anilines is 1. The third kappa shape index (κ3) is 4.84. The van der Waals surface area contributed by atoms with Crippen molar-refractivity contribution in [3.05, 3.63) is 89.0 Å². The molecule has 0 radical (unpaired) electrons. The number of amides is 1. The lowest BCUT2D eigenvalue weighted by Gasteiger charge is -2.23. The molecule has 0 aromatic heterocycles. The Balaban J connectivity index is 1.75. The maximum atomic E-state index is 14.7. The first kappa shape index (κ1) is 24.6. The van der Waals surface area contributed by atoms with Gasteiger partial charge in [0, 0.05) is 18.7 Å². The van der Waals surface area contributed by atoms with Crippen LogP contribution in [0.2, 0.25) is 0 Å². The molecular formula is C27H26F2N2O3S. The summed E-state index contributed by atoms with van der Waals surface area (Å²) in [6.07, 6.45) is 3.34. The maximum absolute atomic E-state index is 14.7. The number of nitrogens with zero attached hydrogens (tertiary/aromatic N) is 1. The normalized spacial score (nSPS) is 13.4. The number of hydrogen-bond donors (Lipinski definition) is 1. The fourth-order valence-electron chi connectivity index (χ4n) is 3.91. The van der Waals surface area contributed by atoms with Gasteiger partial charge in [-0.3, -0.25) is 9.10 Å². The Bertz CT molecular complexity index is 1450. The standard InChI is InChI=1S/C27H26F2N2O3S/c1-5-18-12-19(23-13-20(14-24(29)17(23)3)27(32)30-22-9-10-22)7-11-25(18)31(4)35(33,34)26-15-21(28)8-6-16(26)2/h5-8,11-15,22H,1,9-10H2,2-4H3,(H,30,32). The van der Waals surface area contributed by atoms with Crippen molar-refractivity contribution in [2.45, 2.75) is 37.6 Å². The van der Waals surface area contributed by atoms with Crippen LogP contribution in [0.5, 0.6) is 0 Å². The number of benzene rings is 3. The SMILES string of the molecule is C=Cc1cc(-c2cc(C(=O)NC3CC3)cc(F)c2C)ccc1N(C)S(=O)(=O)c1cc(F)ccc1C. The molecule has 1 aliphatic rings. The minimum atomic E-state index is -4.06. The van der Waals surface area contributed by atoms with Crippen LogP contribution >= 0.6 is 0 Å². The minimum absolute atomic E-state index is 0.133. The number of rotatable bonds is 7. The molecule has 3 aromatic rings. The molecule has 1 saturated carbocycles. The average Bonchev–Trinajstić information content (AvgIpc) is 3.65. The van der Waals surface area contributed by atoms with Gasteiger partial charge < -0.3 is 5.32 Å². The van der Waals surface area contributed by atoms with E-state index in [9.17, 15) is 22.0 Å². The highest BCUT2D eigenvalue weighted by molar-refractivity contribution is 7.92. The summed E-state index contributed by atoms with van der Waals surface area (Å²) in [6, 6.07) is 11.6. The van der Waals surface area contributed by atoms with E-state index in [2.05, 4.69) is 11.9 Å². The largest absolute Gasteiger partial charge is 0.349 e. The van der Waals surface area contributed by atoms with Crippen molar-refractivity contribution < 1.29 is 22.0 Å². The van der Waals surface area contributed by atoms with Crippen molar-refractivity contribution in [2.75, 3.05) is 11.4 Å². The van der Waals surface area contributed by atoms with Crippen molar-refractivity contribution in [1.29, 1.82) is 0 Å². The van der Waals surface area contributed by atoms with E-state index in [4.69, 9.17) is 0 Å². The van der Waals surface area contributed by atoms with Gasteiger partial charge in [-0.25, -0.2) is 17.2 Å². The van der Waals surface area contributed by atoms with Gasteiger partial charge >= 0.3 is 0 Å². The first-order chi connectivity index (χ1) is 16.5. The molecule has 0 heterocycles. The van der Waals surface area contributed by atoms with Gasteiger partial charge in [0.05, 0.1) is 10.6 Å². The van der Waals surface area contributed by atoms with Crippen LogP contribution in [0, 0.1) is 25.5 Å². The van der Waals surface area contributed by atoms with Gasteiger partial charge in [0.25, 0.3) is 15.9 Å². The van der Waals surface area contributed by atoms with Gasteiger partial charge in [0.1, 0.15) is 11.6 Å². The van der Waals surface area contributed by atoms with Crippen LogP contribution in [0.1, 0.15) is 39.9 Å². The smallest absolute Gasteiger partial charge is 0.264 e. The molecule has 1 N–H and O–H groups in total. The molecule has 1 fully saturated rings. The first-order valence-corrected chi connectivity index (χ1v) is 12.6. The van der Waals surface area contributed by atoms with Crippen molar-refractivity contribution >= 4 is 27.7 Å². The highest BCUT2D eigenvalue weighted by Crippen LogP contribution is 2.34. The van der Waals surface area contributed by atoms with Gasteiger partial charge in [0.15, 0.2) is 0 Å². The second kappa shape index (κ2) is 9.26. The zero-order chi connectivity index (χ0) is 25.5. The molecule has 35 heavy (non-hydrogen) atoms. The number of aryl methyl sites for hydroxylation is 1. The summed E-state index contributed by atoms with van der Waals surface area (Å²) in [7, 11) is -2.68. The van der Waals surface area contributed by atoms with E-state index in [1.54, 1.807) is 38.1 Å². The molecule has 1 aliphatic carbocycles. The monoisotopic (exact) mass is 496 g/mol. The van der Waals surface area contributed by atoms with Crippen molar-refractivity contribution in [3.8, 4) is 11.1 Å². The predicted molar refractivity (Wildman–Crippen MR) is 134 cm³/mol. The molecule has 0 saturated heterocycles. The molecule has 0 atom stereocenters. The second-order valence-corrected chi connectivity index (χ2v) is 10.7. The third-order valence-corrected chi connectivity index (χ3v) is 8.12. The molecule has 0 unspecified atom stereocenters. The van der Waals surface area contributed by atoms with Gasteiger partial charge in [0.2, 0.25) is 0 Å². The van der Waals surface area contributed by atoms with E-state index < -0.39 is 21.7 Å². The lowest BCUT2D eigenvalue weighted by Crippen LogP contribution is -2.28. The van der Waals surface area contributed by atoms with Gasteiger partial charge in [-0.15, -0.1) is 0 Å². The summed E-state index contributed by atoms with van der Waals surface area (Å²) in [5, 5.41) is 2.86. The summed E-state index contributed by atoms with van der Waals surface area (Å²) >= 11 is 0. The van der Waals surface area contributed by atoms with Crippen LogP contribution < -0.4 is 9.62 Å². The Hall–Kier alpha value is -3.52. The minimum Gasteiger partial charge on any atom is -0.349 e. The quantitative estimate of drug-likeness (QED) is 0.463. The molecule has 5 nitrogen and oxygen atoms in total. The Morgan fingerprint density at radius 3 is 2.46 bits per heavy atom. The van der Waals surface area contributed by atoms with Crippen LogP contribution in [0.25, 0.3) is 17.2 Å². The molecule has 4 rings (SSSR count). The summed E-state index contributed by atoms with van der Waals surface area (Å²) < 4.78 is 56.1. The van der Waals surface area contributed by atoms with Gasteiger partial charge in [-0.2, -0.15) is 0 Å². The van der Waals surface area contributed by atoms with E-state index in [1.165, 1.54) is 31.3 Å². The highest BCUT2D eigenvalue weighted by Gasteiger charge is 2.27. The highest BCUT2D eigenvalue weighted by atomic mass is 32.2. The van der Waals surface area contributed by atoms with Crippen LogP contribution in [0.15, 0.2) is 60.0 Å². The molecule has 0 spiro atoms. The second-order valence-electron chi connectivity index (χ2n) is 8.74. The van der Waals surface area contributed by atoms with E-state index >= 15 is 0 Å². The zero-order valence-corrected chi connectivity index (χ0v) is 20.5. The Labute approximate surface area is 204 Å². The number of hydrogen-bond acceptors (Lipinski definition) is 3. The molecular weight excluding hydrogens is 470 g/mol. The number of carbonyl (C=O) groups is 1. The maximum Gasteiger partial charge on any atom is 0.264 e. The predicted octanol–water partition coefficient (Wildman–Crippen LogP) is 5.61. The summed E-state index contributed by atoms with van der Waals surface area (Å²) in [6.45, 7) is 7.02. The first-order valence-electron chi connectivity index (χ1n) is 11.2. The van der Waals surface area contributed by atoms with E-state index in [-0.39, 0.29) is 22.4 Å². The van der Waals surface area contributed by atoms with E-state index in [1.807, 2.05) is 0 Å². The summed E-state index contributed by atoms with van der Waals surface area (Å²) in [5.41, 5.74) is 2.94. The molecule has 3 aromatic carbocycles. The number of nitrogens with one attached hydrogen (secondary N) is 1. The Morgan fingerprint density at radius 2 is 1.80 bits per heavy atom. The molecule has 8 heteroatoms. The van der Waals surface area contributed by atoms with Crippen molar-refractivity contribution in [1.82, 2.24) is 5.32 Å². The Kier molecular flexibility index (Phi) is 6.51.